The Morgan fingerprint density at radius 1 is 1.31 bits per heavy atom. The summed E-state index contributed by atoms with van der Waals surface area (Å²) in [5.74, 6) is 0. The van der Waals surface area contributed by atoms with Gasteiger partial charge in [0.2, 0.25) is 0 Å². The first-order valence-electron chi connectivity index (χ1n) is 4.96. The van der Waals surface area contributed by atoms with Gasteiger partial charge in [0.15, 0.2) is 0 Å². The van der Waals surface area contributed by atoms with Crippen molar-refractivity contribution in [3.63, 3.8) is 0 Å². The van der Waals surface area contributed by atoms with Gasteiger partial charge in [-0.1, -0.05) is 27.5 Å². The lowest BCUT2D eigenvalue weighted by Gasteiger charge is -2.07. The molecule has 1 aromatic heterocycles. The van der Waals surface area contributed by atoms with Gasteiger partial charge in [-0.2, -0.15) is 11.3 Å². The molecular weight excluding hydrogens is 306 g/mol. The van der Waals surface area contributed by atoms with Crippen LogP contribution in [-0.2, 0) is 6.42 Å². The van der Waals surface area contributed by atoms with Crippen LogP contribution in [0, 0.1) is 0 Å². The minimum atomic E-state index is 0.750. The van der Waals surface area contributed by atoms with Crippen molar-refractivity contribution in [2.24, 2.45) is 0 Å². The lowest BCUT2D eigenvalue weighted by Crippen LogP contribution is -2.04. The molecule has 0 saturated carbocycles. The van der Waals surface area contributed by atoms with Crippen LogP contribution in [-0.4, -0.2) is 6.54 Å². The van der Waals surface area contributed by atoms with E-state index in [0.717, 1.165) is 28.1 Å². The van der Waals surface area contributed by atoms with Crippen LogP contribution >= 0.6 is 38.9 Å². The molecule has 0 bridgehead atoms. The van der Waals surface area contributed by atoms with Crippen molar-refractivity contribution >= 4 is 44.6 Å². The van der Waals surface area contributed by atoms with Crippen LogP contribution in [0.1, 0.15) is 5.56 Å². The van der Waals surface area contributed by atoms with Crippen molar-refractivity contribution < 1.29 is 0 Å². The summed E-state index contributed by atoms with van der Waals surface area (Å²) in [5, 5.41) is 8.35. The molecular formula is C12H11BrClNS. The van der Waals surface area contributed by atoms with E-state index in [4.69, 9.17) is 11.6 Å². The number of nitrogens with one attached hydrogen (secondary N) is 1. The van der Waals surface area contributed by atoms with Gasteiger partial charge in [0.1, 0.15) is 0 Å². The summed E-state index contributed by atoms with van der Waals surface area (Å²) in [6.45, 7) is 0.901. The molecule has 84 valence electrons. The summed E-state index contributed by atoms with van der Waals surface area (Å²) in [6, 6.07) is 8.02. The Morgan fingerprint density at radius 2 is 2.19 bits per heavy atom. The normalized spacial score (nSPS) is 10.4. The molecule has 16 heavy (non-hydrogen) atoms. The molecule has 0 saturated heterocycles. The highest BCUT2D eigenvalue weighted by atomic mass is 79.9. The maximum atomic E-state index is 6.10. The first kappa shape index (κ1) is 12.0. The van der Waals surface area contributed by atoms with Gasteiger partial charge in [0.05, 0.1) is 10.7 Å². The van der Waals surface area contributed by atoms with E-state index in [9.17, 15) is 0 Å². The number of benzene rings is 1. The first-order chi connectivity index (χ1) is 7.75. The van der Waals surface area contributed by atoms with Gasteiger partial charge in [-0.25, -0.2) is 0 Å². The van der Waals surface area contributed by atoms with Crippen molar-refractivity contribution in [2.75, 3.05) is 11.9 Å². The van der Waals surface area contributed by atoms with Crippen molar-refractivity contribution in [3.8, 4) is 0 Å². The Balaban J connectivity index is 1.90. The van der Waals surface area contributed by atoms with Crippen LogP contribution in [0.4, 0.5) is 5.69 Å². The number of hydrogen-bond acceptors (Lipinski definition) is 2. The van der Waals surface area contributed by atoms with Crippen molar-refractivity contribution in [1.29, 1.82) is 0 Å². The highest BCUT2D eigenvalue weighted by Gasteiger charge is 2.00. The van der Waals surface area contributed by atoms with Crippen LogP contribution in [0.5, 0.6) is 0 Å². The molecule has 0 radical (unpaired) electrons. The predicted octanol–water partition coefficient (Wildman–Crippen LogP) is 4.82. The Hall–Kier alpha value is -0.510. The fourth-order valence-corrected chi connectivity index (χ4v) is 2.85. The third-order valence-electron chi connectivity index (χ3n) is 2.24. The Kier molecular flexibility index (Phi) is 4.27. The molecule has 0 aliphatic carbocycles. The molecule has 0 atom stereocenters. The van der Waals surface area contributed by atoms with Crippen LogP contribution in [0.15, 0.2) is 39.5 Å². The van der Waals surface area contributed by atoms with Gasteiger partial charge in [0.25, 0.3) is 0 Å². The molecule has 1 N–H and O–H groups in total. The zero-order valence-electron chi connectivity index (χ0n) is 8.54. The zero-order valence-corrected chi connectivity index (χ0v) is 11.7. The SMILES string of the molecule is Clc1cc(Br)ccc1NCCc1ccsc1. The van der Waals surface area contributed by atoms with Crippen LogP contribution in [0.2, 0.25) is 5.02 Å². The smallest absolute Gasteiger partial charge is 0.0648 e. The predicted molar refractivity (Wildman–Crippen MR) is 75.7 cm³/mol. The number of hydrogen-bond donors (Lipinski definition) is 1. The quantitative estimate of drug-likeness (QED) is 0.853. The molecule has 0 aliphatic rings. The Labute approximate surface area is 113 Å². The van der Waals surface area contributed by atoms with E-state index in [0.29, 0.717) is 0 Å². The number of rotatable bonds is 4. The molecule has 0 spiro atoms. The maximum absolute atomic E-state index is 6.10. The third kappa shape index (κ3) is 3.24. The Morgan fingerprint density at radius 3 is 2.88 bits per heavy atom. The molecule has 4 heteroatoms. The van der Waals surface area contributed by atoms with Gasteiger partial charge in [-0.15, -0.1) is 0 Å². The minimum absolute atomic E-state index is 0.750. The van der Waals surface area contributed by atoms with Crippen LogP contribution in [0.25, 0.3) is 0 Å². The number of anilines is 1. The molecule has 2 rings (SSSR count). The molecule has 0 aliphatic heterocycles. The number of thiophene rings is 1. The maximum Gasteiger partial charge on any atom is 0.0648 e. The summed E-state index contributed by atoms with van der Waals surface area (Å²) in [7, 11) is 0. The summed E-state index contributed by atoms with van der Waals surface area (Å²) in [5.41, 5.74) is 2.35. The average Bonchev–Trinajstić information content (AvgIpc) is 2.74. The van der Waals surface area contributed by atoms with Crippen molar-refractivity contribution in [3.05, 3.63) is 50.1 Å². The van der Waals surface area contributed by atoms with Gasteiger partial charge < -0.3 is 5.32 Å². The zero-order chi connectivity index (χ0) is 11.4. The third-order valence-corrected chi connectivity index (χ3v) is 3.78. The van der Waals surface area contributed by atoms with E-state index in [-0.39, 0.29) is 0 Å². The highest BCUT2D eigenvalue weighted by Crippen LogP contribution is 2.25. The molecule has 0 unspecified atom stereocenters. The van der Waals surface area contributed by atoms with Gasteiger partial charge >= 0.3 is 0 Å². The lowest BCUT2D eigenvalue weighted by molar-refractivity contribution is 1.03. The Bertz CT molecular complexity index is 456. The molecule has 0 amide bonds. The molecule has 1 nitrogen and oxygen atoms in total. The van der Waals surface area contributed by atoms with Gasteiger partial charge in [-0.05, 0) is 47.0 Å². The van der Waals surface area contributed by atoms with Crippen LogP contribution < -0.4 is 5.32 Å². The molecule has 1 aromatic carbocycles. The summed E-state index contributed by atoms with van der Waals surface area (Å²) in [4.78, 5) is 0. The van der Waals surface area contributed by atoms with Crippen LogP contribution in [0.3, 0.4) is 0 Å². The van der Waals surface area contributed by atoms with E-state index >= 15 is 0 Å². The summed E-state index contributed by atoms with van der Waals surface area (Å²) >= 11 is 11.2. The second-order valence-corrected chi connectivity index (χ2v) is 5.54. The summed E-state index contributed by atoms with van der Waals surface area (Å²) in [6.07, 6.45) is 1.02. The average molecular weight is 317 g/mol. The summed E-state index contributed by atoms with van der Waals surface area (Å²) < 4.78 is 1.00. The van der Waals surface area contributed by atoms with E-state index < -0.39 is 0 Å². The first-order valence-corrected chi connectivity index (χ1v) is 7.07. The van der Waals surface area contributed by atoms with Gasteiger partial charge in [-0.3, -0.25) is 0 Å². The number of halogens is 2. The van der Waals surface area contributed by atoms with E-state index in [2.05, 4.69) is 38.1 Å². The largest absolute Gasteiger partial charge is 0.384 e. The molecule has 2 aromatic rings. The van der Waals surface area contributed by atoms with Crippen molar-refractivity contribution in [2.45, 2.75) is 6.42 Å². The second-order valence-electron chi connectivity index (χ2n) is 3.43. The topological polar surface area (TPSA) is 12.0 Å². The van der Waals surface area contributed by atoms with Crippen molar-refractivity contribution in [1.82, 2.24) is 0 Å². The monoisotopic (exact) mass is 315 g/mol. The fraction of sp³-hybridized carbons (Fsp3) is 0.167. The van der Waals surface area contributed by atoms with E-state index in [1.54, 1.807) is 11.3 Å². The lowest BCUT2D eigenvalue weighted by atomic mass is 10.2. The fourth-order valence-electron chi connectivity index (χ4n) is 1.41. The molecule has 0 fully saturated rings. The van der Waals surface area contributed by atoms with E-state index in [1.165, 1.54) is 5.56 Å². The molecule has 1 heterocycles. The minimum Gasteiger partial charge on any atom is -0.384 e. The van der Waals surface area contributed by atoms with E-state index in [1.807, 2.05) is 18.2 Å². The van der Waals surface area contributed by atoms with Gasteiger partial charge in [0, 0.05) is 11.0 Å². The highest BCUT2D eigenvalue weighted by molar-refractivity contribution is 9.10. The standard InChI is InChI=1S/C12H11BrClNS/c13-10-1-2-12(11(14)7-10)15-5-3-9-4-6-16-8-9/h1-2,4,6-8,15H,3,5H2. The second kappa shape index (κ2) is 5.71.